The molecule has 0 aromatic heterocycles. The van der Waals surface area contributed by atoms with Gasteiger partial charge in [0.05, 0.1) is 25.4 Å². The molecule has 3 atom stereocenters. The Morgan fingerprint density at radius 3 is 2.30 bits per heavy atom. The summed E-state index contributed by atoms with van der Waals surface area (Å²) in [4.78, 5) is 0. The molecule has 0 spiro atoms. The smallest absolute Gasteiger partial charge is 0.107 e. The van der Waals surface area contributed by atoms with Crippen molar-refractivity contribution in [3.63, 3.8) is 0 Å². The molecule has 60 valence electrons. The maximum Gasteiger partial charge on any atom is 0.107 e. The molecule has 0 radical (unpaired) electrons. The second kappa shape index (κ2) is 3.30. The minimum absolute atomic E-state index is 0.0897. The molecule has 0 saturated carbocycles. The molecule has 0 bridgehead atoms. The molecule has 0 aromatic rings. The standard InChI is InChI=1S/C6H12O4/c7-2-4-1-5(9)6(3-8)10-4/h4-9H,1-3H2/t4-,5-,6+/m0/s1. The van der Waals surface area contributed by atoms with E-state index in [9.17, 15) is 0 Å². The largest absolute Gasteiger partial charge is 0.394 e. The van der Waals surface area contributed by atoms with Gasteiger partial charge >= 0.3 is 0 Å². The first kappa shape index (κ1) is 7.94. The molecule has 0 unspecified atom stereocenters. The molecule has 1 aliphatic heterocycles. The Kier molecular flexibility index (Phi) is 2.62. The maximum absolute atomic E-state index is 9.09. The van der Waals surface area contributed by atoms with E-state index in [2.05, 4.69) is 0 Å². The third kappa shape index (κ3) is 1.46. The quantitative estimate of drug-likeness (QED) is 0.445. The Balaban J connectivity index is 2.36. The Hall–Kier alpha value is -0.160. The summed E-state index contributed by atoms with van der Waals surface area (Å²) >= 11 is 0. The maximum atomic E-state index is 9.09. The van der Waals surface area contributed by atoms with E-state index in [1.807, 2.05) is 0 Å². The number of hydrogen-bond acceptors (Lipinski definition) is 4. The molecule has 1 heterocycles. The summed E-state index contributed by atoms with van der Waals surface area (Å²) < 4.78 is 5.02. The second-order valence-corrected chi connectivity index (χ2v) is 2.46. The van der Waals surface area contributed by atoms with Gasteiger partial charge < -0.3 is 20.1 Å². The summed E-state index contributed by atoms with van der Waals surface area (Å²) in [7, 11) is 0. The Labute approximate surface area is 59.1 Å². The molecule has 0 aliphatic carbocycles. The summed E-state index contributed by atoms with van der Waals surface area (Å²) in [6.07, 6.45) is -1.01. The number of aliphatic hydroxyl groups is 3. The van der Waals surface area contributed by atoms with E-state index < -0.39 is 12.2 Å². The van der Waals surface area contributed by atoms with E-state index >= 15 is 0 Å². The lowest BCUT2D eigenvalue weighted by Crippen LogP contribution is -2.24. The summed E-state index contributed by atoms with van der Waals surface area (Å²) in [5.74, 6) is 0. The van der Waals surface area contributed by atoms with Crippen molar-refractivity contribution in [2.45, 2.75) is 24.7 Å². The predicted octanol–water partition coefficient (Wildman–Crippen LogP) is -1.51. The van der Waals surface area contributed by atoms with Crippen LogP contribution in [-0.4, -0.2) is 46.8 Å². The van der Waals surface area contributed by atoms with Crippen molar-refractivity contribution in [1.29, 1.82) is 0 Å². The highest BCUT2D eigenvalue weighted by Crippen LogP contribution is 2.19. The van der Waals surface area contributed by atoms with Gasteiger partial charge in [-0.1, -0.05) is 0 Å². The van der Waals surface area contributed by atoms with Gasteiger partial charge in [-0.05, 0) is 0 Å². The molecule has 1 rings (SSSR count). The molecule has 4 heteroatoms. The molecule has 1 fully saturated rings. The molecule has 4 nitrogen and oxygen atoms in total. The molecule has 0 amide bonds. The highest BCUT2D eigenvalue weighted by atomic mass is 16.5. The average molecular weight is 148 g/mol. The van der Waals surface area contributed by atoms with Crippen molar-refractivity contribution in [1.82, 2.24) is 0 Å². The van der Waals surface area contributed by atoms with Gasteiger partial charge in [-0.15, -0.1) is 0 Å². The average Bonchev–Trinajstić information content (AvgIpc) is 2.30. The van der Waals surface area contributed by atoms with E-state index in [-0.39, 0.29) is 19.3 Å². The van der Waals surface area contributed by atoms with Gasteiger partial charge in [0, 0.05) is 6.42 Å². The number of ether oxygens (including phenoxy) is 1. The third-order valence-corrected chi connectivity index (χ3v) is 1.68. The molecular weight excluding hydrogens is 136 g/mol. The molecule has 0 aromatic carbocycles. The minimum Gasteiger partial charge on any atom is -0.394 e. The van der Waals surface area contributed by atoms with Crippen LogP contribution in [0.2, 0.25) is 0 Å². The van der Waals surface area contributed by atoms with Crippen LogP contribution >= 0.6 is 0 Å². The van der Waals surface area contributed by atoms with Crippen molar-refractivity contribution >= 4 is 0 Å². The molecule has 3 N–H and O–H groups in total. The van der Waals surface area contributed by atoms with Crippen molar-refractivity contribution in [2.24, 2.45) is 0 Å². The predicted molar refractivity (Wildman–Crippen MR) is 33.5 cm³/mol. The van der Waals surface area contributed by atoms with E-state index in [1.54, 1.807) is 0 Å². The number of hydrogen-bond donors (Lipinski definition) is 3. The van der Waals surface area contributed by atoms with Gasteiger partial charge in [0.15, 0.2) is 0 Å². The fourth-order valence-corrected chi connectivity index (χ4v) is 1.10. The fraction of sp³-hybridized carbons (Fsp3) is 1.00. The fourth-order valence-electron chi connectivity index (χ4n) is 1.10. The summed E-state index contributed by atoms with van der Waals surface area (Å²) in [5, 5.41) is 26.3. The SMILES string of the molecule is OC[C@@H]1C[C@H](O)[C@@H](CO)O1. The van der Waals surface area contributed by atoms with Crippen LogP contribution in [0.4, 0.5) is 0 Å². The van der Waals surface area contributed by atoms with Crippen LogP contribution in [0, 0.1) is 0 Å². The van der Waals surface area contributed by atoms with Crippen LogP contribution in [-0.2, 0) is 4.74 Å². The monoisotopic (exact) mass is 148 g/mol. The van der Waals surface area contributed by atoms with Crippen molar-refractivity contribution in [2.75, 3.05) is 13.2 Å². The van der Waals surface area contributed by atoms with Crippen LogP contribution in [0.1, 0.15) is 6.42 Å². The van der Waals surface area contributed by atoms with Crippen LogP contribution in [0.3, 0.4) is 0 Å². The topological polar surface area (TPSA) is 69.9 Å². The van der Waals surface area contributed by atoms with E-state index in [0.717, 1.165) is 0 Å². The van der Waals surface area contributed by atoms with Crippen molar-refractivity contribution in [3.05, 3.63) is 0 Å². The van der Waals surface area contributed by atoms with Crippen molar-refractivity contribution < 1.29 is 20.1 Å². The highest BCUT2D eigenvalue weighted by Gasteiger charge is 2.32. The summed E-state index contributed by atoms with van der Waals surface area (Å²) in [5.41, 5.74) is 0. The van der Waals surface area contributed by atoms with Gasteiger partial charge in [0.25, 0.3) is 0 Å². The van der Waals surface area contributed by atoms with Gasteiger partial charge in [0.2, 0.25) is 0 Å². The van der Waals surface area contributed by atoms with Gasteiger partial charge in [-0.3, -0.25) is 0 Å². The summed E-state index contributed by atoms with van der Waals surface area (Å²) in [6.45, 7) is -0.273. The first-order chi connectivity index (χ1) is 4.77. The summed E-state index contributed by atoms with van der Waals surface area (Å²) in [6, 6.07) is 0. The van der Waals surface area contributed by atoms with Crippen LogP contribution in [0.5, 0.6) is 0 Å². The first-order valence-corrected chi connectivity index (χ1v) is 3.33. The lowest BCUT2D eigenvalue weighted by molar-refractivity contribution is -0.0355. The zero-order valence-corrected chi connectivity index (χ0v) is 5.60. The van der Waals surface area contributed by atoms with Crippen molar-refractivity contribution in [3.8, 4) is 0 Å². The highest BCUT2D eigenvalue weighted by molar-refractivity contribution is 4.80. The molecular formula is C6H12O4. The zero-order chi connectivity index (χ0) is 7.56. The van der Waals surface area contributed by atoms with E-state index in [0.29, 0.717) is 6.42 Å². The van der Waals surface area contributed by atoms with E-state index in [1.165, 1.54) is 0 Å². The Morgan fingerprint density at radius 2 is 2.00 bits per heavy atom. The lowest BCUT2D eigenvalue weighted by Gasteiger charge is -2.09. The lowest BCUT2D eigenvalue weighted by atomic mass is 10.1. The van der Waals surface area contributed by atoms with Crippen LogP contribution in [0.25, 0.3) is 0 Å². The van der Waals surface area contributed by atoms with E-state index in [4.69, 9.17) is 20.1 Å². The van der Waals surface area contributed by atoms with Gasteiger partial charge in [0.1, 0.15) is 6.10 Å². The second-order valence-electron chi connectivity index (χ2n) is 2.46. The third-order valence-electron chi connectivity index (χ3n) is 1.68. The van der Waals surface area contributed by atoms with Gasteiger partial charge in [-0.2, -0.15) is 0 Å². The molecule has 10 heavy (non-hydrogen) atoms. The Bertz CT molecular complexity index is 106. The van der Waals surface area contributed by atoms with Gasteiger partial charge in [-0.25, -0.2) is 0 Å². The molecule has 1 saturated heterocycles. The normalized spacial score (nSPS) is 40.5. The minimum atomic E-state index is -0.623. The number of aliphatic hydroxyl groups excluding tert-OH is 3. The zero-order valence-electron chi connectivity index (χ0n) is 5.60. The van der Waals surface area contributed by atoms with Crippen LogP contribution < -0.4 is 0 Å². The first-order valence-electron chi connectivity index (χ1n) is 3.33. The number of rotatable bonds is 2. The Morgan fingerprint density at radius 1 is 1.30 bits per heavy atom. The molecule has 1 aliphatic rings. The van der Waals surface area contributed by atoms with Crippen LogP contribution in [0.15, 0.2) is 0 Å².